The van der Waals surface area contributed by atoms with Gasteiger partial charge in [-0.2, -0.15) is 4.37 Å². The van der Waals surface area contributed by atoms with Crippen molar-refractivity contribution in [3.63, 3.8) is 0 Å². The predicted molar refractivity (Wildman–Crippen MR) is 56.6 cm³/mol. The van der Waals surface area contributed by atoms with E-state index in [0.29, 0.717) is 0 Å². The largest absolute Gasteiger partial charge is 0.381 e. The van der Waals surface area contributed by atoms with Gasteiger partial charge in [0.05, 0.1) is 0 Å². The van der Waals surface area contributed by atoms with Crippen LogP contribution in [0.15, 0.2) is 6.33 Å². The fourth-order valence-corrected chi connectivity index (χ4v) is 1.61. The molecule has 0 radical (unpaired) electrons. The second-order valence-corrected chi connectivity index (χ2v) is 4.33. The van der Waals surface area contributed by atoms with Crippen LogP contribution in [-0.2, 0) is 4.74 Å². The van der Waals surface area contributed by atoms with Gasteiger partial charge in [0.1, 0.15) is 6.33 Å². The first-order valence-electron chi connectivity index (χ1n) is 5.03. The lowest BCUT2D eigenvalue weighted by atomic mass is 10.4. The molecule has 1 saturated carbocycles. The molecular weight excluding hydrogens is 198 g/mol. The fraction of sp³-hybridized carbons (Fsp3) is 0.778. The van der Waals surface area contributed by atoms with E-state index in [9.17, 15) is 0 Å². The minimum Gasteiger partial charge on any atom is -0.381 e. The molecule has 14 heavy (non-hydrogen) atoms. The normalized spacial score (nSPS) is 15.7. The Morgan fingerprint density at radius 2 is 2.50 bits per heavy atom. The Kier molecular flexibility index (Phi) is 3.71. The molecule has 5 heteroatoms. The molecule has 1 N–H and O–H groups in total. The molecule has 0 spiro atoms. The smallest absolute Gasteiger partial charge is 0.202 e. The zero-order valence-electron chi connectivity index (χ0n) is 8.11. The molecule has 2 rings (SSSR count). The lowest BCUT2D eigenvalue weighted by molar-refractivity contribution is 0.124. The first-order valence-corrected chi connectivity index (χ1v) is 5.81. The molecule has 1 aromatic rings. The standard InChI is InChI=1S/C9H15N3OS/c1(5-13-6-8-2-3-8)4-10-9-11-7-12-14-9/h7-8H,1-6H2,(H,10,11,12). The molecule has 1 aromatic heterocycles. The number of nitrogens with one attached hydrogen (secondary N) is 1. The molecular formula is C9H15N3OS. The third-order valence-electron chi connectivity index (χ3n) is 2.15. The van der Waals surface area contributed by atoms with Crippen LogP contribution in [0.5, 0.6) is 0 Å². The Morgan fingerprint density at radius 1 is 1.57 bits per heavy atom. The highest BCUT2D eigenvalue weighted by molar-refractivity contribution is 7.09. The van der Waals surface area contributed by atoms with Crippen LogP contribution in [0.2, 0.25) is 0 Å². The molecule has 1 fully saturated rings. The average molecular weight is 213 g/mol. The van der Waals surface area contributed by atoms with Crippen LogP contribution >= 0.6 is 11.5 Å². The van der Waals surface area contributed by atoms with Gasteiger partial charge in [-0.1, -0.05) is 0 Å². The maximum atomic E-state index is 5.50. The molecule has 4 nitrogen and oxygen atoms in total. The fourth-order valence-electron chi connectivity index (χ4n) is 1.16. The Bertz CT molecular complexity index is 249. The summed E-state index contributed by atoms with van der Waals surface area (Å²) in [5.74, 6) is 0.867. The Hall–Kier alpha value is -0.680. The molecule has 0 aromatic carbocycles. The van der Waals surface area contributed by atoms with Gasteiger partial charge in [-0.25, -0.2) is 4.98 Å². The van der Waals surface area contributed by atoms with Crippen molar-refractivity contribution in [3.05, 3.63) is 6.33 Å². The highest BCUT2D eigenvalue weighted by Crippen LogP contribution is 2.28. The van der Waals surface area contributed by atoms with Gasteiger partial charge in [-0.15, -0.1) is 0 Å². The molecule has 1 aliphatic carbocycles. The summed E-state index contributed by atoms with van der Waals surface area (Å²) >= 11 is 1.39. The van der Waals surface area contributed by atoms with E-state index in [1.165, 1.54) is 24.4 Å². The van der Waals surface area contributed by atoms with E-state index >= 15 is 0 Å². The number of aromatic nitrogens is 2. The number of hydrogen-bond donors (Lipinski definition) is 1. The molecule has 0 saturated heterocycles. The minimum absolute atomic E-state index is 0.850. The summed E-state index contributed by atoms with van der Waals surface area (Å²) in [5, 5.41) is 4.09. The first kappa shape index (κ1) is 9.86. The van der Waals surface area contributed by atoms with Crippen LogP contribution < -0.4 is 5.32 Å². The van der Waals surface area contributed by atoms with Crippen molar-refractivity contribution in [1.82, 2.24) is 9.36 Å². The number of hydrogen-bond acceptors (Lipinski definition) is 5. The van der Waals surface area contributed by atoms with Gasteiger partial charge < -0.3 is 10.1 Å². The summed E-state index contributed by atoms with van der Waals surface area (Å²) in [5.41, 5.74) is 0. The third kappa shape index (κ3) is 3.59. The number of rotatable bonds is 7. The minimum atomic E-state index is 0.850. The van der Waals surface area contributed by atoms with Crippen molar-refractivity contribution in [2.45, 2.75) is 19.3 Å². The van der Waals surface area contributed by atoms with Crippen molar-refractivity contribution in [1.29, 1.82) is 0 Å². The Balaban J connectivity index is 1.43. The zero-order chi connectivity index (χ0) is 9.64. The highest BCUT2D eigenvalue weighted by atomic mass is 32.1. The highest BCUT2D eigenvalue weighted by Gasteiger charge is 2.20. The molecule has 0 unspecified atom stereocenters. The van der Waals surface area contributed by atoms with E-state index in [-0.39, 0.29) is 0 Å². The zero-order valence-corrected chi connectivity index (χ0v) is 8.92. The second-order valence-electron chi connectivity index (χ2n) is 3.55. The number of ether oxygens (including phenoxy) is 1. The van der Waals surface area contributed by atoms with Crippen LogP contribution in [0.3, 0.4) is 0 Å². The topological polar surface area (TPSA) is 47.0 Å². The van der Waals surface area contributed by atoms with E-state index in [2.05, 4.69) is 14.7 Å². The lowest BCUT2D eigenvalue weighted by Crippen LogP contribution is -2.06. The molecule has 78 valence electrons. The average Bonchev–Trinajstić information content (AvgIpc) is 2.87. The van der Waals surface area contributed by atoms with Crippen molar-refractivity contribution < 1.29 is 4.74 Å². The summed E-state index contributed by atoms with van der Waals surface area (Å²) in [4.78, 5) is 4.03. The van der Waals surface area contributed by atoms with Crippen LogP contribution in [0.25, 0.3) is 0 Å². The van der Waals surface area contributed by atoms with Crippen LogP contribution in [-0.4, -0.2) is 29.1 Å². The second kappa shape index (κ2) is 5.26. The van der Waals surface area contributed by atoms with Gasteiger partial charge in [-0.05, 0) is 25.2 Å². The maximum absolute atomic E-state index is 5.50. The summed E-state index contributed by atoms with van der Waals surface area (Å²) in [7, 11) is 0. The van der Waals surface area contributed by atoms with E-state index in [1.807, 2.05) is 0 Å². The molecule has 1 aliphatic rings. The van der Waals surface area contributed by atoms with Crippen LogP contribution in [0.1, 0.15) is 19.3 Å². The molecule has 0 amide bonds. The van der Waals surface area contributed by atoms with Gasteiger partial charge in [0, 0.05) is 31.3 Å². The van der Waals surface area contributed by atoms with Gasteiger partial charge in [0.25, 0.3) is 0 Å². The number of nitrogens with zero attached hydrogens (tertiary/aromatic N) is 2. The quantitative estimate of drug-likeness (QED) is 0.701. The molecule has 0 aliphatic heterocycles. The van der Waals surface area contributed by atoms with E-state index in [4.69, 9.17) is 4.74 Å². The van der Waals surface area contributed by atoms with E-state index < -0.39 is 0 Å². The maximum Gasteiger partial charge on any atom is 0.202 e. The van der Waals surface area contributed by atoms with E-state index in [1.54, 1.807) is 6.33 Å². The van der Waals surface area contributed by atoms with Crippen molar-refractivity contribution in [3.8, 4) is 0 Å². The molecule has 1 heterocycles. The monoisotopic (exact) mass is 213 g/mol. The summed E-state index contributed by atoms with van der Waals surface area (Å²) in [6.45, 7) is 2.72. The Labute approximate surface area is 87.9 Å². The van der Waals surface area contributed by atoms with Crippen LogP contribution in [0.4, 0.5) is 5.13 Å². The molecule has 0 bridgehead atoms. The van der Waals surface area contributed by atoms with Crippen molar-refractivity contribution in [2.24, 2.45) is 5.92 Å². The van der Waals surface area contributed by atoms with Gasteiger partial charge in [0.15, 0.2) is 0 Å². The van der Waals surface area contributed by atoms with Gasteiger partial charge >= 0.3 is 0 Å². The third-order valence-corrected chi connectivity index (χ3v) is 2.78. The van der Waals surface area contributed by atoms with Crippen LogP contribution in [0, 0.1) is 5.92 Å². The first-order chi connectivity index (χ1) is 6.95. The van der Waals surface area contributed by atoms with E-state index in [0.717, 1.165) is 37.2 Å². The summed E-state index contributed by atoms with van der Waals surface area (Å²) in [6, 6.07) is 0. The van der Waals surface area contributed by atoms with Gasteiger partial charge in [0.2, 0.25) is 5.13 Å². The summed E-state index contributed by atoms with van der Waals surface area (Å²) in [6.07, 6.45) is 5.33. The van der Waals surface area contributed by atoms with Gasteiger partial charge in [-0.3, -0.25) is 0 Å². The van der Waals surface area contributed by atoms with Crippen molar-refractivity contribution >= 4 is 16.7 Å². The molecule has 0 atom stereocenters. The summed E-state index contributed by atoms with van der Waals surface area (Å²) < 4.78 is 9.41. The Morgan fingerprint density at radius 3 is 3.21 bits per heavy atom. The number of anilines is 1. The SMILES string of the molecule is c1nsc(NCCCOCC2CC2)n1. The van der Waals surface area contributed by atoms with Crippen molar-refractivity contribution in [2.75, 3.05) is 25.1 Å². The predicted octanol–water partition coefficient (Wildman–Crippen LogP) is 1.77. The lowest BCUT2D eigenvalue weighted by Gasteiger charge is -2.03.